The number of rotatable bonds is 7. The van der Waals surface area contributed by atoms with E-state index in [2.05, 4.69) is 19.7 Å². The Bertz CT molecular complexity index is 943. The van der Waals surface area contributed by atoms with Crippen LogP contribution in [0.5, 0.6) is 17.2 Å². The van der Waals surface area contributed by atoms with Crippen LogP contribution in [0, 0.1) is 0 Å². The third kappa shape index (κ3) is 4.02. The van der Waals surface area contributed by atoms with Crippen LogP contribution < -0.4 is 14.2 Å². The molecule has 3 aromatic rings. The number of H-pyrrole nitrogens is 1. The van der Waals surface area contributed by atoms with Crippen molar-refractivity contribution in [2.75, 3.05) is 14.2 Å². The Morgan fingerprint density at radius 2 is 2.00 bits per heavy atom. The van der Waals surface area contributed by atoms with Crippen LogP contribution in [0.25, 0.3) is 11.0 Å². The highest BCUT2D eigenvalue weighted by atomic mass is 35.5. The summed E-state index contributed by atoms with van der Waals surface area (Å²) < 4.78 is 51.2. The summed E-state index contributed by atoms with van der Waals surface area (Å²) in [5, 5.41) is 0.0610. The van der Waals surface area contributed by atoms with E-state index < -0.39 is 22.5 Å². The normalized spacial score (nSPS) is 13.6. The lowest BCUT2D eigenvalue weighted by Gasteiger charge is -2.16. The summed E-state index contributed by atoms with van der Waals surface area (Å²) in [4.78, 5) is 11.1. The number of aromatic nitrogens is 3. The van der Waals surface area contributed by atoms with Gasteiger partial charge >= 0.3 is 11.8 Å². The van der Waals surface area contributed by atoms with Crippen molar-refractivity contribution in [3.8, 4) is 17.2 Å². The maximum absolute atomic E-state index is 12.8. The fourth-order valence-corrected chi connectivity index (χ4v) is 3.78. The monoisotopic (exact) mass is 417 g/mol. The van der Waals surface area contributed by atoms with Gasteiger partial charge in [-0.05, 0) is 12.1 Å². The molecule has 144 valence electrons. The smallest absolute Gasteiger partial charge is 0.387 e. The molecule has 0 fully saturated rings. The highest BCUT2D eigenvalue weighted by molar-refractivity contribution is 7.92. The van der Waals surface area contributed by atoms with E-state index in [0.717, 1.165) is 0 Å². The molecule has 0 spiro atoms. The van der Waals surface area contributed by atoms with Crippen molar-refractivity contribution in [3.05, 3.63) is 36.2 Å². The van der Waals surface area contributed by atoms with Gasteiger partial charge in [-0.3, -0.25) is 9.97 Å². The van der Waals surface area contributed by atoms with Crippen molar-refractivity contribution in [2.24, 2.45) is 0 Å². The lowest BCUT2D eigenvalue weighted by molar-refractivity contribution is -0.0497. The standard InChI is InChI=1S/C16H14ClF2N3O4S/c1-24-11-5-6-20-12(13(11)25-2)14(17)27(23)16-21-9-4-3-8(26-15(18)19)7-10(9)22-16/h3-7,14-15H,1-2H3,(H,21,22). The molecule has 2 aromatic heterocycles. The summed E-state index contributed by atoms with van der Waals surface area (Å²) in [5.41, 5.74) is 1.03. The van der Waals surface area contributed by atoms with Crippen molar-refractivity contribution < 1.29 is 27.5 Å². The van der Waals surface area contributed by atoms with E-state index in [0.29, 0.717) is 16.8 Å². The Balaban J connectivity index is 1.92. The average molecular weight is 418 g/mol. The Labute approximate surface area is 160 Å². The third-order valence-electron chi connectivity index (χ3n) is 3.57. The van der Waals surface area contributed by atoms with Crippen LogP contribution in [0.4, 0.5) is 8.78 Å². The number of imidazole rings is 1. The Morgan fingerprint density at radius 1 is 1.22 bits per heavy atom. The average Bonchev–Trinajstić information content (AvgIpc) is 3.08. The highest BCUT2D eigenvalue weighted by Crippen LogP contribution is 2.40. The van der Waals surface area contributed by atoms with Crippen LogP contribution in [0.1, 0.15) is 10.4 Å². The second kappa shape index (κ2) is 8.15. The SMILES string of the molecule is COc1ccnc(C(Cl)[S+]([O-])c2nc3cc(OC(F)F)ccc3[nH]2)c1OC. The van der Waals surface area contributed by atoms with Gasteiger partial charge in [0, 0.05) is 29.5 Å². The zero-order chi connectivity index (χ0) is 19.6. The number of hydrogen-bond acceptors (Lipinski definition) is 6. The van der Waals surface area contributed by atoms with Crippen molar-refractivity contribution in [3.63, 3.8) is 0 Å². The maximum Gasteiger partial charge on any atom is 0.387 e. The number of pyridine rings is 1. The molecule has 0 bridgehead atoms. The van der Waals surface area contributed by atoms with Crippen LogP contribution in [0.3, 0.4) is 0 Å². The first-order chi connectivity index (χ1) is 12.9. The number of benzene rings is 1. The number of fused-ring (bicyclic) bond motifs is 1. The summed E-state index contributed by atoms with van der Waals surface area (Å²) in [6, 6.07) is 5.74. The van der Waals surface area contributed by atoms with Crippen LogP contribution in [-0.4, -0.2) is 40.3 Å². The minimum Gasteiger partial charge on any atom is -0.608 e. The van der Waals surface area contributed by atoms with E-state index >= 15 is 0 Å². The Kier molecular flexibility index (Phi) is 5.88. The number of hydrogen-bond donors (Lipinski definition) is 1. The van der Waals surface area contributed by atoms with Gasteiger partial charge in [0.15, 0.2) is 17.2 Å². The Hall–Kier alpha value is -2.30. The molecule has 0 saturated heterocycles. The number of ether oxygens (including phenoxy) is 3. The molecule has 11 heteroatoms. The fraction of sp³-hybridized carbons (Fsp3) is 0.250. The second-order valence-electron chi connectivity index (χ2n) is 5.14. The maximum atomic E-state index is 12.8. The molecule has 2 unspecified atom stereocenters. The molecule has 0 aliphatic carbocycles. The molecule has 27 heavy (non-hydrogen) atoms. The summed E-state index contributed by atoms with van der Waals surface area (Å²) >= 11 is 4.51. The molecule has 1 aromatic carbocycles. The topological polar surface area (TPSA) is 92.3 Å². The van der Waals surface area contributed by atoms with Gasteiger partial charge in [-0.15, -0.1) is 0 Å². The van der Waals surface area contributed by atoms with E-state index in [9.17, 15) is 13.3 Å². The van der Waals surface area contributed by atoms with E-state index in [1.807, 2.05) is 0 Å². The van der Waals surface area contributed by atoms with Crippen LogP contribution in [0.2, 0.25) is 0 Å². The lowest BCUT2D eigenvalue weighted by Crippen LogP contribution is -2.13. The van der Waals surface area contributed by atoms with Crippen molar-refractivity contribution in [1.82, 2.24) is 15.0 Å². The minimum absolute atomic E-state index is 0.0557. The van der Waals surface area contributed by atoms with Crippen molar-refractivity contribution in [2.45, 2.75) is 16.5 Å². The molecule has 2 atom stereocenters. The van der Waals surface area contributed by atoms with Crippen LogP contribution in [-0.2, 0) is 11.2 Å². The predicted molar refractivity (Wildman–Crippen MR) is 95.1 cm³/mol. The van der Waals surface area contributed by atoms with Gasteiger partial charge in [-0.1, -0.05) is 11.6 Å². The highest BCUT2D eigenvalue weighted by Gasteiger charge is 2.33. The summed E-state index contributed by atoms with van der Waals surface area (Å²) in [7, 11) is 2.88. The largest absolute Gasteiger partial charge is 0.608 e. The zero-order valence-corrected chi connectivity index (χ0v) is 15.7. The van der Waals surface area contributed by atoms with Crippen molar-refractivity contribution in [1.29, 1.82) is 0 Å². The van der Waals surface area contributed by atoms with Crippen LogP contribution >= 0.6 is 11.6 Å². The lowest BCUT2D eigenvalue weighted by atomic mass is 10.3. The number of nitrogens with one attached hydrogen (secondary N) is 1. The van der Waals surface area contributed by atoms with E-state index in [-0.39, 0.29) is 22.3 Å². The van der Waals surface area contributed by atoms with E-state index in [1.165, 1.54) is 38.6 Å². The quantitative estimate of drug-likeness (QED) is 0.466. The first kappa shape index (κ1) is 19.5. The minimum atomic E-state index is -2.95. The number of alkyl halides is 3. The van der Waals surface area contributed by atoms with E-state index in [4.69, 9.17) is 21.1 Å². The summed E-state index contributed by atoms with van der Waals surface area (Å²) in [6.07, 6.45) is 1.45. The summed E-state index contributed by atoms with van der Waals surface area (Å²) in [6.45, 7) is -2.95. The van der Waals surface area contributed by atoms with E-state index in [1.54, 1.807) is 6.07 Å². The second-order valence-corrected chi connectivity index (χ2v) is 7.29. The van der Waals surface area contributed by atoms with Gasteiger partial charge < -0.3 is 18.8 Å². The molecule has 0 amide bonds. The van der Waals surface area contributed by atoms with Gasteiger partial charge in [-0.25, -0.2) is 0 Å². The number of methoxy groups -OCH3 is 2. The number of aromatic amines is 1. The van der Waals surface area contributed by atoms with Gasteiger partial charge in [0.25, 0.3) is 0 Å². The van der Waals surface area contributed by atoms with Crippen LogP contribution in [0.15, 0.2) is 35.6 Å². The van der Waals surface area contributed by atoms with Crippen molar-refractivity contribution >= 4 is 33.8 Å². The zero-order valence-electron chi connectivity index (χ0n) is 14.1. The van der Waals surface area contributed by atoms with Gasteiger partial charge in [-0.2, -0.15) is 13.8 Å². The number of nitrogens with zero attached hydrogens (tertiary/aromatic N) is 2. The molecule has 1 N–H and O–H groups in total. The first-order valence-corrected chi connectivity index (χ1v) is 9.15. The molecule has 7 nitrogen and oxygen atoms in total. The predicted octanol–water partition coefficient (Wildman–Crippen LogP) is 3.62. The molecule has 0 aliphatic heterocycles. The Morgan fingerprint density at radius 3 is 2.67 bits per heavy atom. The third-order valence-corrected chi connectivity index (χ3v) is 5.44. The molecule has 3 rings (SSSR count). The molecule has 2 heterocycles. The van der Waals surface area contributed by atoms with Gasteiger partial charge in [0.1, 0.15) is 5.75 Å². The number of halogens is 3. The molecule has 0 radical (unpaired) electrons. The first-order valence-electron chi connectivity index (χ1n) is 7.50. The molecule has 0 aliphatic rings. The summed E-state index contributed by atoms with van der Waals surface area (Å²) in [5.74, 6) is 0.598. The van der Waals surface area contributed by atoms with Gasteiger partial charge in [0.05, 0.1) is 25.3 Å². The molecular formula is C16H14ClF2N3O4S. The molecular weight excluding hydrogens is 404 g/mol. The van der Waals surface area contributed by atoms with Gasteiger partial charge in [0.2, 0.25) is 4.71 Å². The molecule has 0 saturated carbocycles. The fourth-order valence-electron chi connectivity index (χ4n) is 2.41.